The molecule has 1 heterocycles. The van der Waals surface area contributed by atoms with Crippen molar-refractivity contribution >= 4 is 18.0 Å². The SMILES string of the molecule is CCC[C@@H](NC(=O)OCC1c2ccccc2-c2ccccc21)C(=O)N1CCCCCCC1C(=O)O. The summed E-state index contributed by atoms with van der Waals surface area (Å²) in [6, 6.07) is 14.6. The van der Waals surface area contributed by atoms with E-state index >= 15 is 0 Å². The fourth-order valence-electron chi connectivity index (χ4n) is 5.33. The monoisotopic (exact) mass is 478 g/mol. The number of alkyl carbamates (subject to hydrolysis) is 1. The van der Waals surface area contributed by atoms with Crippen LogP contribution in [0.4, 0.5) is 4.79 Å². The lowest BCUT2D eigenvalue weighted by atomic mass is 9.98. The average Bonchev–Trinajstić information content (AvgIpc) is 3.15. The Morgan fingerprint density at radius 3 is 2.26 bits per heavy atom. The molecule has 7 nitrogen and oxygen atoms in total. The highest BCUT2D eigenvalue weighted by Gasteiger charge is 2.35. The first-order valence-corrected chi connectivity index (χ1v) is 12.7. The zero-order valence-corrected chi connectivity index (χ0v) is 20.2. The van der Waals surface area contributed by atoms with E-state index < -0.39 is 24.1 Å². The van der Waals surface area contributed by atoms with Gasteiger partial charge in [0, 0.05) is 12.5 Å². The maximum atomic E-state index is 13.4. The molecule has 2 aromatic carbocycles. The lowest BCUT2D eigenvalue weighted by Gasteiger charge is -2.33. The Morgan fingerprint density at radius 2 is 1.63 bits per heavy atom. The fourth-order valence-corrected chi connectivity index (χ4v) is 5.33. The molecule has 2 aliphatic rings. The topological polar surface area (TPSA) is 95.9 Å². The third kappa shape index (κ3) is 5.50. The van der Waals surface area contributed by atoms with E-state index in [-0.39, 0.29) is 18.4 Å². The molecule has 1 fully saturated rings. The van der Waals surface area contributed by atoms with Gasteiger partial charge in [0.2, 0.25) is 5.91 Å². The van der Waals surface area contributed by atoms with Gasteiger partial charge in [0.05, 0.1) is 0 Å². The van der Waals surface area contributed by atoms with E-state index in [1.165, 1.54) is 4.90 Å². The number of hydrogen-bond donors (Lipinski definition) is 2. The Hall–Kier alpha value is -3.35. The number of carbonyl (C=O) groups excluding carboxylic acids is 2. The van der Waals surface area contributed by atoms with E-state index in [2.05, 4.69) is 29.6 Å². The maximum absolute atomic E-state index is 13.4. The molecule has 2 amide bonds. The second-order valence-electron chi connectivity index (χ2n) is 9.40. The van der Waals surface area contributed by atoms with Gasteiger partial charge in [-0.2, -0.15) is 0 Å². The Labute approximate surface area is 206 Å². The molecule has 2 aromatic rings. The van der Waals surface area contributed by atoms with Crippen LogP contribution in [-0.2, 0) is 14.3 Å². The zero-order chi connectivity index (χ0) is 24.8. The van der Waals surface area contributed by atoms with Crippen molar-refractivity contribution in [3.8, 4) is 11.1 Å². The minimum absolute atomic E-state index is 0.0702. The van der Waals surface area contributed by atoms with Crippen molar-refractivity contribution in [1.82, 2.24) is 10.2 Å². The average molecular weight is 479 g/mol. The van der Waals surface area contributed by atoms with Crippen LogP contribution in [0.25, 0.3) is 11.1 Å². The number of likely N-dealkylation sites (tertiary alicyclic amines) is 1. The minimum Gasteiger partial charge on any atom is -0.480 e. The third-order valence-electron chi connectivity index (χ3n) is 7.08. The number of nitrogens with one attached hydrogen (secondary N) is 1. The first-order valence-electron chi connectivity index (χ1n) is 12.7. The van der Waals surface area contributed by atoms with Crippen LogP contribution in [-0.4, -0.2) is 53.2 Å². The molecule has 0 radical (unpaired) electrons. The van der Waals surface area contributed by atoms with E-state index in [0.29, 0.717) is 25.8 Å². The lowest BCUT2D eigenvalue weighted by Crippen LogP contribution is -2.54. The summed E-state index contributed by atoms with van der Waals surface area (Å²) >= 11 is 0. The van der Waals surface area contributed by atoms with Crippen molar-refractivity contribution in [2.24, 2.45) is 0 Å². The van der Waals surface area contributed by atoms with Crippen LogP contribution in [0.2, 0.25) is 0 Å². The number of aliphatic carboxylic acids is 1. The third-order valence-corrected chi connectivity index (χ3v) is 7.08. The molecule has 2 atom stereocenters. The highest BCUT2D eigenvalue weighted by atomic mass is 16.5. The molecule has 7 heteroatoms. The summed E-state index contributed by atoms with van der Waals surface area (Å²) < 4.78 is 5.64. The molecule has 1 unspecified atom stereocenters. The van der Waals surface area contributed by atoms with Gasteiger partial charge in [-0.1, -0.05) is 81.1 Å². The summed E-state index contributed by atoms with van der Waals surface area (Å²) in [5, 5.41) is 12.5. The van der Waals surface area contributed by atoms with Gasteiger partial charge in [-0.25, -0.2) is 9.59 Å². The van der Waals surface area contributed by atoms with E-state index in [1.54, 1.807) is 0 Å². The van der Waals surface area contributed by atoms with Crippen molar-refractivity contribution in [2.75, 3.05) is 13.2 Å². The molecule has 1 saturated heterocycles. The molecular formula is C28H34N2O5. The molecule has 1 aliphatic heterocycles. The van der Waals surface area contributed by atoms with Crippen LogP contribution in [0.5, 0.6) is 0 Å². The largest absolute Gasteiger partial charge is 0.480 e. The van der Waals surface area contributed by atoms with Crippen molar-refractivity contribution in [2.45, 2.75) is 69.9 Å². The summed E-state index contributed by atoms with van der Waals surface area (Å²) in [7, 11) is 0. The second-order valence-corrected chi connectivity index (χ2v) is 9.40. The summed E-state index contributed by atoms with van der Waals surface area (Å²) in [6.45, 7) is 2.48. The predicted octanol–water partition coefficient (Wildman–Crippen LogP) is 4.94. The Morgan fingerprint density at radius 1 is 1.00 bits per heavy atom. The van der Waals surface area contributed by atoms with Gasteiger partial charge in [0.25, 0.3) is 0 Å². The van der Waals surface area contributed by atoms with Crippen molar-refractivity contribution in [3.63, 3.8) is 0 Å². The minimum atomic E-state index is -0.989. The number of carbonyl (C=O) groups is 3. The van der Waals surface area contributed by atoms with Gasteiger partial charge in [-0.05, 0) is 41.5 Å². The van der Waals surface area contributed by atoms with E-state index in [4.69, 9.17) is 4.74 Å². The van der Waals surface area contributed by atoms with Crippen LogP contribution in [0.15, 0.2) is 48.5 Å². The van der Waals surface area contributed by atoms with Crippen molar-refractivity contribution in [1.29, 1.82) is 0 Å². The number of fused-ring (bicyclic) bond motifs is 3. The highest BCUT2D eigenvalue weighted by molar-refractivity contribution is 5.89. The van der Waals surface area contributed by atoms with Crippen molar-refractivity contribution in [3.05, 3.63) is 59.7 Å². The van der Waals surface area contributed by atoms with Crippen LogP contribution in [0.1, 0.15) is 68.9 Å². The number of benzene rings is 2. The molecule has 186 valence electrons. The molecule has 0 aromatic heterocycles. The van der Waals surface area contributed by atoms with Gasteiger partial charge in [0.1, 0.15) is 18.7 Å². The molecule has 0 spiro atoms. The Balaban J connectivity index is 1.44. The highest BCUT2D eigenvalue weighted by Crippen LogP contribution is 2.44. The van der Waals surface area contributed by atoms with E-state index in [1.807, 2.05) is 31.2 Å². The smallest absolute Gasteiger partial charge is 0.407 e. The van der Waals surface area contributed by atoms with E-state index in [9.17, 15) is 19.5 Å². The zero-order valence-electron chi connectivity index (χ0n) is 20.2. The van der Waals surface area contributed by atoms with Crippen molar-refractivity contribution < 1.29 is 24.2 Å². The standard InChI is InChI=1S/C28H34N2O5/c1-2-11-24(26(31)30-17-10-4-3-5-16-25(30)27(32)33)29-28(34)35-18-23-21-14-8-6-12-19(21)20-13-7-9-15-22(20)23/h6-9,12-15,23-25H,2-5,10-11,16-18H2,1H3,(H,29,34)(H,32,33)/t24-,25?/m1/s1. The molecule has 1 aliphatic carbocycles. The first-order chi connectivity index (χ1) is 17.0. The summed E-state index contributed by atoms with van der Waals surface area (Å²) in [6.07, 6.45) is 4.36. The fraction of sp³-hybridized carbons (Fsp3) is 0.464. The summed E-state index contributed by atoms with van der Waals surface area (Å²) in [5.74, 6) is -1.40. The molecule has 4 rings (SSSR count). The molecular weight excluding hydrogens is 444 g/mol. The Bertz CT molecular complexity index is 1020. The van der Waals surface area contributed by atoms with Crippen LogP contribution >= 0.6 is 0 Å². The number of carboxylic acid groups (broad SMARTS) is 1. The van der Waals surface area contributed by atoms with Crippen LogP contribution in [0, 0.1) is 0 Å². The maximum Gasteiger partial charge on any atom is 0.407 e. The van der Waals surface area contributed by atoms with Gasteiger partial charge in [-0.15, -0.1) is 0 Å². The number of rotatable bonds is 7. The van der Waals surface area contributed by atoms with Gasteiger partial charge in [0.15, 0.2) is 0 Å². The molecule has 2 N–H and O–H groups in total. The number of hydrogen-bond acceptors (Lipinski definition) is 4. The van der Waals surface area contributed by atoms with Gasteiger partial charge >= 0.3 is 12.1 Å². The Kier molecular flexibility index (Phi) is 8.06. The van der Waals surface area contributed by atoms with Gasteiger partial charge < -0.3 is 20.1 Å². The number of carboxylic acids is 1. The quantitative estimate of drug-likeness (QED) is 0.588. The lowest BCUT2D eigenvalue weighted by molar-refractivity contribution is -0.152. The predicted molar refractivity (Wildman–Crippen MR) is 133 cm³/mol. The number of nitrogens with zero attached hydrogens (tertiary/aromatic N) is 1. The first kappa shape index (κ1) is 24.8. The number of amides is 2. The van der Waals surface area contributed by atoms with Crippen LogP contribution < -0.4 is 5.32 Å². The van der Waals surface area contributed by atoms with Crippen LogP contribution in [0.3, 0.4) is 0 Å². The molecule has 0 saturated carbocycles. The molecule has 35 heavy (non-hydrogen) atoms. The van der Waals surface area contributed by atoms with E-state index in [0.717, 1.165) is 47.9 Å². The second kappa shape index (κ2) is 11.4. The summed E-state index contributed by atoms with van der Waals surface area (Å²) in [5.41, 5.74) is 4.53. The van der Waals surface area contributed by atoms with Gasteiger partial charge in [-0.3, -0.25) is 4.79 Å². The number of ether oxygens (including phenoxy) is 1. The molecule has 0 bridgehead atoms. The normalized spacial score (nSPS) is 18.5. The summed E-state index contributed by atoms with van der Waals surface area (Å²) in [4.78, 5) is 39.5.